The van der Waals surface area contributed by atoms with Crippen molar-refractivity contribution in [3.05, 3.63) is 11.8 Å². The van der Waals surface area contributed by atoms with Crippen LogP contribution in [-0.2, 0) is 11.2 Å². The van der Waals surface area contributed by atoms with Gasteiger partial charge in [-0.05, 0) is 0 Å². The number of nitrogens with zero attached hydrogens (tertiary/aromatic N) is 2. The molecule has 8 heteroatoms. The second kappa shape index (κ2) is 4.28. The van der Waals surface area contributed by atoms with Crippen LogP contribution in [0.1, 0.15) is 23.0 Å². The lowest BCUT2D eigenvalue weighted by Gasteiger charge is -2.01. The molecular weight excluding hydrogens is 217 g/mol. The first-order chi connectivity index (χ1) is 6.92. The van der Waals surface area contributed by atoms with Crippen LogP contribution in [0.15, 0.2) is 4.42 Å². The van der Waals surface area contributed by atoms with Gasteiger partial charge < -0.3 is 9.15 Å². The number of rotatable bonds is 3. The molecule has 0 unspecified atom stereocenters. The summed E-state index contributed by atoms with van der Waals surface area (Å²) in [4.78, 5) is 10.8. The van der Waals surface area contributed by atoms with E-state index in [-0.39, 0.29) is 5.89 Å². The van der Waals surface area contributed by atoms with E-state index >= 15 is 0 Å². The standard InChI is InChI=1S/C7H7F3N2O3/c1-14-6(13)5-12-11-4(15-5)2-3-7(8,9)10/h2-3H2,1H3. The lowest BCUT2D eigenvalue weighted by atomic mass is 10.3. The molecule has 15 heavy (non-hydrogen) atoms. The topological polar surface area (TPSA) is 65.2 Å². The summed E-state index contributed by atoms with van der Waals surface area (Å²) in [5.74, 6) is -1.57. The smallest absolute Gasteiger partial charge is 0.396 e. The van der Waals surface area contributed by atoms with E-state index in [0.29, 0.717) is 0 Å². The first-order valence-electron chi connectivity index (χ1n) is 3.90. The molecule has 0 aliphatic carbocycles. The highest BCUT2D eigenvalue weighted by molar-refractivity contribution is 5.83. The van der Waals surface area contributed by atoms with Crippen LogP contribution >= 0.6 is 0 Å². The molecule has 0 fully saturated rings. The molecule has 1 heterocycles. The predicted molar refractivity (Wildman–Crippen MR) is 40.0 cm³/mol. The molecule has 0 aromatic carbocycles. The van der Waals surface area contributed by atoms with Crippen LogP contribution in [0.4, 0.5) is 13.2 Å². The third-order valence-electron chi connectivity index (χ3n) is 1.45. The van der Waals surface area contributed by atoms with Gasteiger partial charge in [0.15, 0.2) is 0 Å². The van der Waals surface area contributed by atoms with Gasteiger partial charge in [-0.2, -0.15) is 13.2 Å². The third-order valence-corrected chi connectivity index (χ3v) is 1.45. The van der Waals surface area contributed by atoms with Crippen molar-refractivity contribution in [2.24, 2.45) is 0 Å². The summed E-state index contributed by atoms with van der Waals surface area (Å²) < 4.78 is 44.2. The zero-order valence-electron chi connectivity index (χ0n) is 7.67. The summed E-state index contributed by atoms with van der Waals surface area (Å²) in [7, 11) is 1.10. The molecule has 0 atom stereocenters. The van der Waals surface area contributed by atoms with Crippen LogP contribution in [-0.4, -0.2) is 29.5 Å². The van der Waals surface area contributed by atoms with Gasteiger partial charge in [0.05, 0.1) is 13.5 Å². The van der Waals surface area contributed by atoms with Crippen molar-refractivity contribution in [3.63, 3.8) is 0 Å². The Morgan fingerprint density at radius 3 is 2.67 bits per heavy atom. The van der Waals surface area contributed by atoms with Crippen molar-refractivity contribution in [2.45, 2.75) is 19.0 Å². The SMILES string of the molecule is COC(=O)c1nnc(CCC(F)(F)F)o1. The minimum absolute atomic E-state index is 0.243. The molecule has 0 aliphatic heterocycles. The van der Waals surface area contributed by atoms with Crippen molar-refractivity contribution in [3.8, 4) is 0 Å². The number of halogens is 3. The Hall–Kier alpha value is -1.60. The molecule has 5 nitrogen and oxygen atoms in total. The summed E-state index contributed by atoms with van der Waals surface area (Å²) in [5.41, 5.74) is 0. The van der Waals surface area contributed by atoms with Crippen LogP contribution in [0.3, 0.4) is 0 Å². The number of methoxy groups -OCH3 is 1. The van der Waals surface area contributed by atoms with Crippen molar-refractivity contribution < 1.29 is 27.1 Å². The molecule has 0 radical (unpaired) electrons. The zero-order valence-corrected chi connectivity index (χ0v) is 7.67. The first kappa shape index (κ1) is 11.5. The fraction of sp³-hybridized carbons (Fsp3) is 0.571. The number of hydrogen-bond donors (Lipinski definition) is 0. The molecule has 0 saturated heterocycles. The van der Waals surface area contributed by atoms with Crippen molar-refractivity contribution >= 4 is 5.97 Å². The van der Waals surface area contributed by atoms with E-state index in [0.717, 1.165) is 7.11 Å². The van der Waals surface area contributed by atoms with Crippen molar-refractivity contribution in [2.75, 3.05) is 7.11 Å². The van der Waals surface area contributed by atoms with Crippen LogP contribution in [0.25, 0.3) is 0 Å². The normalized spacial score (nSPS) is 11.5. The molecule has 0 amide bonds. The van der Waals surface area contributed by atoms with Gasteiger partial charge in [0.25, 0.3) is 0 Å². The van der Waals surface area contributed by atoms with Gasteiger partial charge >= 0.3 is 18.0 Å². The largest absolute Gasteiger partial charge is 0.462 e. The Morgan fingerprint density at radius 1 is 1.47 bits per heavy atom. The van der Waals surface area contributed by atoms with Gasteiger partial charge in [-0.1, -0.05) is 0 Å². The fourth-order valence-corrected chi connectivity index (χ4v) is 0.773. The molecule has 0 aliphatic rings. The second-order valence-corrected chi connectivity index (χ2v) is 2.61. The number of aromatic nitrogens is 2. The highest BCUT2D eigenvalue weighted by atomic mass is 19.4. The lowest BCUT2D eigenvalue weighted by molar-refractivity contribution is -0.134. The molecule has 0 saturated carbocycles. The highest BCUT2D eigenvalue weighted by Crippen LogP contribution is 2.21. The summed E-state index contributed by atoms with van der Waals surface area (Å²) >= 11 is 0. The highest BCUT2D eigenvalue weighted by Gasteiger charge is 2.28. The van der Waals surface area contributed by atoms with Gasteiger partial charge in [0, 0.05) is 6.42 Å². The predicted octanol–water partition coefficient (Wildman–Crippen LogP) is 1.35. The van der Waals surface area contributed by atoms with Crippen LogP contribution < -0.4 is 0 Å². The maximum absolute atomic E-state index is 11.8. The molecule has 1 aromatic heterocycles. The summed E-state index contributed by atoms with van der Waals surface area (Å²) in [5, 5.41) is 6.50. The minimum Gasteiger partial charge on any atom is -0.462 e. The molecule has 1 aromatic rings. The number of carbonyl (C=O) groups excluding carboxylic acids is 1. The quantitative estimate of drug-likeness (QED) is 0.725. The maximum atomic E-state index is 11.8. The molecule has 0 bridgehead atoms. The Balaban J connectivity index is 2.57. The Kier molecular flexibility index (Phi) is 3.28. The minimum atomic E-state index is -4.29. The summed E-state index contributed by atoms with van der Waals surface area (Å²) in [6.45, 7) is 0. The number of aryl methyl sites for hydroxylation is 1. The van der Waals surface area contributed by atoms with Crippen molar-refractivity contribution in [1.29, 1.82) is 0 Å². The van der Waals surface area contributed by atoms with Crippen LogP contribution in [0, 0.1) is 0 Å². The Morgan fingerprint density at radius 2 is 2.13 bits per heavy atom. The Bertz CT molecular complexity index is 347. The average Bonchev–Trinajstić information content (AvgIpc) is 2.61. The number of alkyl halides is 3. The van der Waals surface area contributed by atoms with Gasteiger partial charge in [-0.25, -0.2) is 4.79 Å². The van der Waals surface area contributed by atoms with Gasteiger partial charge in [-0.3, -0.25) is 0 Å². The molecule has 0 spiro atoms. The van der Waals surface area contributed by atoms with E-state index in [1.54, 1.807) is 0 Å². The Labute approximate surface area is 82.2 Å². The molecule has 1 rings (SSSR count). The van der Waals surface area contributed by atoms with E-state index in [1.807, 2.05) is 0 Å². The first-order valence-corrected chi connectivity index (χ1v) is 3.90. The second-order valence-electron chi connectivity index (χ2n) is 2.61. The van der Waals surface area contributed by atoms with Crippen LogP contribution in [0.2, 0.25) is 0 Å². The van der Waals surface area contributed by atoms with Gasteiger partial charge in [0.1, 0.15) is 0 Å². The van der Waals surface area contributed by atoms with E-state index < -0.39 is 30.9 Å². The van der Waals surface area contributed by atoms with E-state index in [4.69, 9.17) is 0 Å². The number of hydrogen-bond acceptors (Lipinski definition) is 5. The molecule has 84 valence electrons. The van der Waals surface area contributed by atoms with Gasteiger partial charge in [0.2, 0.25) is 5.89 Å². The zero-order chi connectivity index (χ0) is 11.5. The van der Waals surface area contributed by atoms with E-state index in [2.05, 4.69) is 19.4 Å². The monoisotopic (exact) mass is 224 g/mol. The third kappa shape index (κ3) is 3.56. The molecular formula is C7H7F3N2O3. The van der Waals surface area contributed by atoms with Crippen molar-refractivity contribution in [1.82, 2.24) is 10.2 Å². The number of ether oxygens (including phenoxy) is 1. The number of esters is 1. The summed E-state index contributed by atoms with van der Waals surface area (Å²) in [6.07, 6.45) is -5.82. The maximum Gasteiger partial charge on any atom is 0.396 e. The summed E-state index contributed by atoms with van der Waals surface area (Å²) in [6, 6.07) is 0. The van der Waals surface area contributed by atoms with E-state index in [1.165, 1.54) is 0 Å². The van der Waals surface area contributed by atoms with Crippen LogP contribution in [0.5, 0.6) is 0 Å². The number of carbonyl (C=O) groups is 1. The van der Waals surface area contributed by atoms with E-state index in [9.17, 15) is 18.0 Å². The molecule has 0 N–H and O–H groups in total. The lowest BCUT2D eigenvalue weighted by Crippen LogP contribution is -2.08. The van der Waals surface area contributed by atoms with Gasteiger partial charge in [-0.15, -0.1) is 10.2 Å². The fourth-order valence-electron chi connectivity index (χ4n) is 0.773. The average molecular weight is 224 g/mol.